The van der Waals surface area contributed by atoms with Crippen molar-refractivity contribution in [1.29, 1.82) is 0 Å². The van der Waals surface area contributed by atoms with Crippen LogP contribution in [0.2, 0.25) is 0 Å². The predicted molar refractivity (Wildman–Crippen MR) is 76.4 cm³/mol. The number of hydrogen-bond donors (Lipinski definition) is 4. The second-order valence-corrected chi connectivity index (χ2v) is 6.75. The van der Waals surface area contributed by atoms with Crippen LogP contribution in [0.25, 0.3) is 0 Å². The molecule has 0 fully saturated rings. The Morgan fingerprint density at radius 2 is 2.10 bits per heavy atom. The molecule has 8 nitrogen and oxygen atoms in total. The standard InChI is InChI=1S/C11H19N5O3S/c1-11(2,16-20(3,18)19)7-14-10(17)8-6-13-5-4-9(8)15-12/h4-6,16H,7,12H2,1-3H3,(H,13,15)(H,14,17). The van der Waals surface area contributed by atoms with Gasteiger partial charge in [0.15, 0.2) is 0 Å². The number of nitrogens with two attached hydrogens (primary N) is 1. The van der Waals surface area contributed by atoms with E-state index in [-0.39, 0.29) is 12.1 Å². The van der Waals surface area contributed by atoms with E-state index in [0.29, 0.717) is 5.69 Å². The maximum absolute atomic E-state index is 12.0. The molecule has 0 saturated heterocycles. The minimum Gasteiger partial charge on any atom is -0.350 e. The van der Waals surface area contributed by atoms with Crippen LogP contribution in [-0.2, 0) is 10.0 Å². The molecule has 1 rings (SSSR count). The number of hydrogen-bond acceptors (Lipinski definition) is 6. The molecule has 0 aromatic carbocycles. The maximum atomic E-state index is 12.0. The first-order chi connectivity index (χ1) is 9.14. The van der Waals surface area contributed by atoms with E-state index in [0.717, 1.165) is 6.26 Å². The first-order valence-corrected chi connectivity index (χ1v) is 7.71. The van der Waals surface area contributed by atoms with Crippen molar-refractivity contribution in [3.05, 3.63) is 24.0 Å². The highest BCUT2D eigenvalue weighted by Gasteiger charge is 2.23. The Morgan fingerprint density at radius 1 is 1.45 bits per heavy atom. The van der Waals surface area contributed by atoms with Gasteiger partial charge in [0.2, 0.25) is 10.0 Å². The van der Waals surface area contributed by atoms with Gasteiger partial charge < -0.3 is 10.7 Å². The first kappa shape index (κ1) is 16.3. The molecule has 20 heavy (non-hydrogen) atoms. The number of nitrogens with one attached hydrogen (secondary N) is 3. The van der Waals surface area contributed by atoms with Crippen LogP contribution in [0.3, 0.4) is 0 Å². The summed E-state index contributed by atoms with van der Waals surface area (Å²) in [7, 11) is -3.35. The highest BCUT2D eigenvalue weighted by Crippen LogP contribution is 2.12. The normalized spacial score (nSPS) is 12.0. The van der Waals surface area contributed by atoms with Crippen LogP contribution in [0.15, 0.2) is 18.5 Å². The molecular formula is C11H19N5O3S. The van der Waals surface area contributed by atoms with E-state index in [4.69, 9.17) is 5.84 Å². The zero-order chi connectivity index (χ0) is 15.4. The molecule has 1 heterocycles. The van der Waals surface area contributed by atoms with Gasteiger partial charge in [-0.3, -0.25) is 15.6 Å². The number of anilines is 1. The fraction of sp³-hybridized carbons (Fsp3) is 0.455. The van der Waals surface area contributed by atoms with Crippen molar-refractivity contribution in [3.63, 3.8) is 0 Å². The summed E-state index contributed by atoms with van der Waals surface area (Å²) in [5.41, 5.74) is 2.31. The molecule has 0 radical (unpaired) electrons. The van der Waals surface area contributed by atoms with Gasteiger partial charge in [-0.2, -0.15) is 0 Å². The third-order valence-corrected chi connectivity index (χ3v) is 3.30. The topological polar surface area (TPSA) is 126 Å². The minimum absolute atomic E-state index is 0.123. The SMILES string of the molecule is CC(C)(CNC(=O)c1cnccc1NN)NS(C)(=O)=O. The van der Waals surface area contributed by atoms with Gasteiger partial charge in [-0.25, -0.2) is 13.1 Å². The highest BCUT2D eigenvalue weighted by atomic mass is 32.2. The summed E-state index contributed by atoms with van der Waals surface area (Å²) in [5, 5.41) is 2.64. The van der Waals surface area contributed by atoms with Gasteiger partial charge in [-0.05, 0) is 19.9 Å². The summed E-state index contributed by atoms with van der Waals surface area (Å²) in [6.45, 7) is 3.46. The van der Waals surface area contributed by atoms with Crippen molar-refractivity contribution >= 4 is 21.6 Å². The molecule has 1 aromatic heterocycles. The van der Waals surface area contributed by atoms with Gasteiger partial charge in [0.25, 0.3) is 5.91 Å². The third-order valence-electron chi connectivity index (χ3n) is 2.37. The average Bonchev–Trinajstić information content (AvgIpc) is 2.33. The van der Waals surface area contributed by atoms with Crippen LogP contribution in [0.1, 0.15) is 24.2 Å². The predicted octanol–water partition coefficient (Wildman–Crippen LogP) is -0.575. The van der Waals surface area contributed by atoms with Crippen molar-refractivity contribution in [2.75, 3.05) is 18.2 Å². The number of amides is 1. The monoisotopic (exact) mass is 301 g/mol. The Labute approximate surface area is 118 Å². The quantitative estimate of drug-likeness (QED) is 0.411. The van der Waals surface area contributed by atoms with Crippen LogP contribution in [0.4, 0.5) is 5.69 Å². The molecule has 0 aliphatic heterocycles. The second-order valence-electron chi connectivity index (χ2n) is 5.01. The van der Waals surface area contributed by atoms with E-state index in [1.165, 1.54) is 12.4 Å². The minimum atomic E-state index is -3.35. The fourth-order valence-electron chi connectivity index (χ4n) is 1.64. The molecule has 0 unspecified atom stereocenters. The van der Waals surface area contributed by atoms with Crippen LogP contribution in [-0.4, -0.2) is 37.6 Å². The smallest absolute Gasteiger partial charge is 0.255 e. The highest BCUT2D eigenvalue weighted by molar-refractivity contribution is 7.88. The number of nitrogen functional groups attached to an aromatic ring is 1. The van der Waals surface area contributed by atoms with Gasteiger partial charge in [-0.1, -0.05) is 0 Å². The number of pyridine rings is 1. The molecule has 0 bridgehead atoms. The van der Waals surface area contributed by atoms with Gasteiger partial charge >= 0.3 is 0 Å². The molecule has 0 aliphatic carbocycles. The summed E-state index contributed by atoms with van der Waals surface area (Å²) < 4.78 is 24.8. The Hall–Kier alpha value is -1.71. The number of rotatable bonds is 6. The Bertz CT molecular complexity index is 585. The number of hydrazine groups is 1. The van der Waals surface area contributed by atoms with E-state index >= 15 is 0 Å². The molecule has 0 atom stereocenters. The first-order valence-electron chi connectivity index (χ1n) is 5.82. The number of carbonyl (C=O) groups excluding carboxylic acids is 1. The van der Waals surface area contributed by atoms with E-state index in [9.17, 15) is 13.2 Å². The van der Waals surface area contributed by atoms with Crippen molar-refractivity contribution in [2.45, 2.75) is 19.4 Å². The molecule has 1 amide bonds. The summed E-state index contributed by atoms with van der Waals surface area (Å²) in [6, 6.07) is 1.56. The number of carbonyl (C=O) groups is 1. The zero-order valence-electron chi connectivity index (χ0n) is 11.6. The second kappa shape index (κ2) is 6.16. The molecule has 0 spiro atoms. The van der Waals surface area contributed by atoms with E-state index in [1.54, 1.807) is 19.9 Å². The number of nitrogens with zero attached hydrogens (tertiary/aromatic N) is 1. The van der Waals surface area contributed by atoms with Gasteiger partial charge in [-0.15, -0.1) is 0 Å². The van der Waals surface area contributed by atoms with Gasteiger partial charge in [0, 0.05) is 24.5 Å². The molecule has 0 saturated carbocycles. The third kappa shape index (κ3) is 5.11. The maximum Gasteiger partial charge on any atom is 0.255 e. The molecule has 112 valence electrons. The van der Waals surface area contributed by atoms with E-state index < -0.39 is 21.5 Å². The van der Waals surface area contributed by atoms with Crippen molar-refractivity contribution < 1.29 is 13.2 Å². The van der Waals surface area contributed by atoms with E-state index in [1.807, 2.05) is 0 Å². The fourth-order valence-corrected chi connectivity index (χ4v) is 2.71. The summed E-state index contributed by atoms with van der Waals surface area (Å²) in [5.74, 6) is 4.91. The van der Waals surface area contributed by atoms with Crippen molar-refractivity contribution in [1.82, 2.24) is 15.0 Å². The number of sulfonamides is 1. The van der Waals surface area contributed by atoms with Crippen LogP contribution >= 0.6 is 0 Å². The van der Waals surface area contributed by atoms with Crippen LogP contribution in [0.5, 0.6) is 0 Å². The Morgan fingerprint density at radius 3 is 2.65 bits per heavy atom. The summed E-state index contributed by atoms with van der Waals surface area (Å²) >= 11 is 0. The Kier molecular flexibility index (Phi) is 5.03. The lowest BCUT2D eigenvalue weighted by atomic mass is 10.1. The van der Waals surface area contributed by atoms with E-state index in [2.05, 4.69) is 20.4 Å². The lowest BCUT2D eigenvalue weighted by Gasteiger charge is -2.25. The lowest BCUT2D eigenvalue weighted by molar-refractivity contribution is 0.0945. The molecular weight excluding hydrogens is 282 g/mol. The van der Waals surface area contributed by atoms with Crippen molar-refractivity contribution in [3.8, 4) is 0 Å². The number of aromatic nitrogens is 1. The largest absolute Gasteiger partial charge is 0.350 e. The van der Waals surface area contributed by atoms with Gasteiger partial charge in [0.05, 0.1) is 17.5 Å². The molecule has 1 aromatic rings. The Balaban J connectivity index is 2.72. The molecule has 5 N–H and O–H groups in total. The van der Waals surface area contributed by atoms with Crippen molar-refractivity contribution in [2.24, 2.45) is 5.84 Å². The van der Waals surface area contributed by atoms with Crippen LogP contribution < -0.4 is 21.3 Å². The molecule has 9 heteroatoms. The lowest BCUT2D eigenvalue weighted by Crippen LogP contribution is -2.51. The zero-order valence-corrected chi connectivity index (χ0v) is 12.4. The summed E-state index contributed by atoms with van der Waals surface area (Å²) in [6.07, 6.45) is 3.94. The average molecular weight is 301 g/mol. The van der Waals surface area contributed by atoms with Gasteiger partial charge in [0.1, 0.15) is 0 Å². The van der Waals surface area contributed by atoms with Crippen LogP contribution in [0, 0.1) is 0 Å². The molecule has 0 aliphatic rings. The summed E-state index contributed by atoms with van der Waals surface area (Å²) in [4.78, 5) is 15.9.